The first-order valence-corrected chi connectivity index (χ1v) is 5.80. The third kappa shape index (κ3) is 1.95. The van der Waals surface area contributed by atoms with Crippen LogP contribution in [0.2, 0.25) is 0 Å². The van der Waals surface area contributed by atoms with Gasteiger partial charge in [0.1, 0.15) is 0 Å². The minimum Gasteiger partial charge on any atom is -0.476 e. The van der Waals surface area contributed by atoms with Crippen LogP contribution in [-0.2, 0) is 0 Å². The van der Waals surface area contributed by atoms with Crippen molar-refractivity contribution in [3.63, 3.8) is 0 Å². The molecule has 3 aromatic rings. The molecule has 5 nitrogen and oxygen atoms in total. The molecule has 2 aromatic heterocycles. The maximum Gasteiger partial charge on any atom is 0.356 e. The summed E-state index contributed by atoms with van der Waals surface area (Å²) < 4.78 is 1.59. The smallest absolute Gasteiger partial charge is 0.356 e. The van der Waals surface area contributed by atoms with Crippen molar-refractivity contribution in [3.05, 3.63) is 54.0 Å². The lowest BCUT2D eigenvalue weighted by Crippen LogP contribution is -2.02. The zero-order valence-corrected chi connectivity index (χ0v) is 10.2. The fraction of sp³-hybridized carbons (Fsp3) is 0.0714. The number of rotatable bonds is 2. The molecule has 0 amide bonds. The Bertz CT molecular complexity index is 777. The van der Waals surface area contributed by atoms with Crippen LogP contribution in [0, 0.1) is 6.92 Å². The first kappa shape index (κ1) is 11.4. The normalized spacial score (nSPS) is 10.8. The maximum absolute atomic E-state index is 10.9. The molecule has 0 bridgehead atoms. The summed E-state index contributed by atoms with van der Waals surface area (Å²) >= 11 is 0. The van der Waals surface area contributed by atoms with Crippen LogP contribution in [-0.4, -0.2) is 25.8 Å². The summed E-state index contributed by atoms with van der Waals surface area (Å²) in [6.07, 6.45) is 1.69. The van der Waals surface area contributed by atoms with Crippen LogP contribution < -0.4 is 0 Å². The highest BCUT2D eigenvalue weighted by atomic mass is 16.4. The summed E-state index contributed by atoms with van der Waals surface area (Å²) in [7, 11) is 0. The van der Waals surface area contributed by atoms with Crippen LogP contribution in [0.1, 0.15) is 16.2 Å². The van der Waals surface area contributed by atoms with Gasteiger partial charge in [0, 0.05) is 11.1 Å². The molecule has 0 spiro atoms. The minimum absolute atomic E-state index is 0.0330. The Morgan fingerprint density at radius 1 is 1.26 bits per heavy atom. The first-order chi connectivity index (χ1) is 9.15. The van der Waals surface area contributed by atoms with E-state index in [0.29, 0.717) is 0 Å². The average molecular weight is 253 g/mol. The van der Waals surface area contributed by atoms with Crippen molar-refractivity contribution in [2.45, 2.75) is 6.92 Å². The van der Waals surface area contributed by atoms with Gasteiger partial charge in [0.25, 0.3) is 0 Å². The van der Waals surface area contributed by atoms with Gasteiger partial charge in [0.05, 0.1) is 17.4 Å². The van der Waals surface area contributed by atoms with E-state index in [9.17, 15) is 4.79 Å². The predicted molar refractivity (Wildman–Crippen MR) is 70.6 cm³/mol. The molecule has 2 heterocycles. The number of aromatic carboxylic acids is 1. The Hall–Kier alpha value is -2.69. The van der Waals surface area contributed by atoms with E-state index < -0.39 is 5.97 Å². The van der Waals surface area contributed by atoms with E-state index in [-0.39, 0.29) is 5.69 Å². The van der Waals surface area contributed by atoms with Crippen molar-refractivity contribution in [3.8, 4) is 5.69 Å². The number of aromatic nitrogens is 3. The molecular formula is C14H11N3O2. The number of carboxylic acid groups (broad SMARTS) is 1. The fourth-order valence-electron chi connectivity index (χ4n) is 2.02. The molecule has 1 aromatic carbocycles. The Kier molecular flexibility index (Phi) is 2.52. The number of hydrogen-bond acceptors (Lipinski definition) is 3. The molecule has 3 rings (SSSR count). The van der Waals surface area contributed by atoms with Crippen molar-refractivity contribution in [1.82, 2.24) is 14.8 Å². The number of carboxylic acids is 1. The Morgan fingerprint density at radius 3 is 2.79 bits per heavy atom. The van der Waals surface area contributed by atoms with Gasteiger partial charge in [-0.2, -0.15) is 5.10 Å². The van der Waals surface area contributed by atoms with Crippen LogP contribution in [0.5, 0.6) is 0 Å². The zero-order chi connectivity index (χ0) is 13.4. The second-order valence-corrected chi connectivity index (χ2v) is 4.27. The van der Waals surface area contributed by atoms with Crippen LogP contribution in [0.25, 0.3) is 16.6 Å². The molecule has 0 atom stereocenters. The Balaban J connectivity index is 2.16. The van der Waals surface area contributed by atoms with Crippen molar-refractivity contribution in [1.29, 1.82) is 0 Å². The standard InChI is InChI=1S/C14H11N3O2/c1-9-6-13(14(18)19)16-17(9)11-7-10-4-2-3-5-12(10)15-8-11/h2-8H,1H3,(H,18,19). The monoisotopic (exact) mass is 253 g/mol. The minimum atomic E-state index is -1.03. The van der Waals surface area contributed by atoms with Crippen molar-refractivity contribution in [2.24, 2.45) is 0 Å². The second kappa shape index (κ2) is 4.20. The molecule has 0 aliphatic rings. The lowest BCUT2D eigenvalue weighted by molar-refractivity contribution is 0.0690. The third-order valence-electron chi connectivity index (χ3n) is 2.93. The lowest BCUT2D eigenvalue weighted by Gasteiger charge is -2.05. The quantitative estimate of drug-likeness (QED) is 0.761. The van der Waals surface area contributed by atoms with E-state index >= 15 is 0 Å². The molecule has 19 heavy (non-hydrogen) atoms. The van der Waals surface area contributed by atoms with E-state index in [0.717, 1.165) is 22.3 Å². The molecule has 1 N–H and O–H groups in total. The van der Waals surface area contributed by atoms with Gasteiger partial charge in [-0.1, -0.05) is 18.2 Å². The second-order valence-electron chi connectivity index (χ2n) is 4.27. The van der Waals surface area contributed by atoms with E-state index in [2.05, 4.69) is 10.1 Å². The van der Waals surface area contributed by atoms with Crippen molar-refractivity contribution >= 4 is 16.9 Å². The first-order valence-electron chi connectivity index (χ1n) is 5.80. The number of para-hydroxylation sites is 1. The number of pyridine rings is 1. The number of benzene rings is 1. The van der Waals surface area contributed by atoms with E-state index in [1.807, 2.05) is 37.3 Å². The van der Waals surface area contributed by atoms with E-state index in [1.165, 1.54) is 6.07 Å². The van der Waals surface area contributed by atoms with Crippen LogP contribution in [0.4, 0.5) is 0 Å². The number of aryl methyl sites for hydroxylation is 1. The molecule has 0 radical (unpaired) electrons. The average Bonchev–Trinajstić information content (AvgIpc) is 2.80. The fourth-order valence-corrected chi connectivity index (χ4v) is 2.02. The summed E-state index contributed by atoms with van der Waals surface area (Å²) in [5.41, 5.74) is 2.44. The molecule has 0 saturated heterocycles. The van der Waals surface area contributed by atoms with Gasteiger partial charge in [-0.05, 0) is 25.1 Å². The number of carbonyl (C=O) groups is 1. The van der Waals surface area contributed by atoms with Crippen molar-refractivity contribution < 1.29 is 9.90 Å². The Labute approximate surface area is 109 Å². The molecule has 0 aliphatic carbocycles. The van der Waals surface area contributed by atoms with Crippen LogP contribution >= 0.6 is 0 Å². The molecule has 0 aliphatic heterocycles. The predicted octanol–water partition coefficient (Wildman–Crippen LogP) is 2.43. The third-order valence-corrected chi connectivity index (χ3v) is 2.93. The van der Waals surface area contributed by atoms with Gasteiger partial charge in [0.2, 0.25) is 0 Å². The summed E-state index contributed by atoms with van der Waals surface area (Å²) in [4.78, 5) is 15.3. The number of fused-ring (bicyclic) bond motifs is 1. The zero-order valence-electron chi connectivity index (χ0n) is 10.2. The molecule has 94 valence electrons. The molecule has 0 fully saturated rings. The van der Waals surface area contributed by atoms with Gasteiger partial charge in [-0.25, -0.2) is 9.48 Å². The van der Waals surface area contributed by atoms with Gasteiger partial charge < -0.3 is 5.11 Å². The highest BCUT2D eigenvalue weighted by Gasteiger charge is 2.12. The molecular weight excluding hydrogens is 242 g/mol. The van der Waals surface area contributed by atoms with Gasteiger partial charge in [-0.15, -0.1) is 0 Å². The summed E-state index contributed by atoms with van der Waals surface area (Å²) in [6.45, 7) is 1.81. The van der Waals surface area contributed by atoms with E-state index in [4.69, 9.17) is 5.11 Å². The van der Waals surface area contributed by atoms with E-state index in [1.54, 1.807) is 10.9 Å². The number of hydrogen-bond donors (Lipinski definition) is 1. The lowest BCUT2D eigenvalue weighted by atomic mass is 10.2. The molecule has 5 heteroatoms. The number of nitrogens with zero attached hydrogens (tertiary/aromatic N) is 3. The van der Waals surface area contributed by atoms with Crippen LogP contribution in [0.3, 0.4) is 0 Å². The highest BCUT2D eigenvalue weighted by molar-refractivity contribution is 5.85. The topological polar surface area (TPSA) is 68.0 Å². The largest absolute Gasteiger partial charge is 0.476 e. The maximum atomic E-state index is 10.9. The van der Waals surface area contributed by atoms with Gasteiger partial charge in [-0.3, -0.25) is 4.98 Å². The van der Waals surface area contributed by atoms with Crippen LogP contribution in [0.15, 0.2) is 42.6 Å². The van der Waals surface area contributed by atoms with Gasteiger partial charge in [0.15, 0.2) is 5.69 Å². The van der Waals surface area contributed by atoms with Gasteiger partial charge >= 0.3 is 5.97 Å². The molecule has 0 unspecified atom stereocenters. The van der Waals surface area contributed by atoms with Crippen molar-refractivity contribution in [2.75, 3.05) is 0 Å². The summed E-state index contributed by atoms with van der Waals surface area (Å²) in [6, 6.07) is 11.2. The summed E-state index contributed by atoms with van der Waals surface area (Å²) in [5.74, 6) is -1.03. The SMILES string of the molecule is Cc1cc(C(=O)O)nn1-c1cnc2ccccc2c1. The highest BCUT2D eigenvalue weighted by Crippen LogP contribution is 2.17. The summed E-state index contributed by atoms with van der Waals surface area (Å²) in [5, 5.41) is 14.0. The Morgan fingerprint density at radius 2 is 2.05 bits per heavy atom. The molecule has 0 saturated carbocycles.